The molecule has 0 fully saturated rings. The summed E-state index contributed by atoms with van der Waals surface area (Å²) in [6.45, 7) is 4.71. The van der Waals surface area contributed by atoms with Gasteiger partial charge in [0.05, 0.1) is 29.7 Å². The molecule has 0 spiro atoms. The molecule has 118 valence electrons. The molecule has 0 bridgehead atoms. The lowest BCUT2D eigenvalue weighted by molar-refractivity contribution is 0.306. The summed E-state index contributed by atoms with van der Waals surface area (Å²) in [7, 11) is 0. The number of anilines is 1. The van der Waals surface area contributed by atoms with Crippen molar-refractivity contribution in [3.05, 3.63) is 40.7 Å². The lowest BCUT2D eigenvalue weighted by atomic mass is 10.2. The molecule has 0 aliphatic carbocycles. The Kier molecular flexibility index (Phi) is 5.83. The maximum absolute atomic E-state index is 6.23. The highest BCUT2D eigenvalue weighted by atomic mass is 35.5. The number of aromatic nitrogens is 2. The number of rotatable bonds is 7. The summed E-state index contributed by atoms with van der Waals surface area (Å²) in [5.41, 5.74) is 7.43. The number of ether oxygens (including phenoxy) is 1. The molecule has 0 amide bonds. The van der Waals surface area contributed by atoms with Crippen LogP contribution >= 0.6 is 11.6 Å². The van der Waals surface area contributed by atoms with E-state index in [2.05, 4.69) is 17.0 Å². The summed E-state index contributed by atoms with van der Waals surface area (Å²) in [5, 5.41) is 4.84. The molecule has 2 N–H and O–H groups in total. The monoisotopic (exact) mass is 320 g/mol. The maximum atomic E-state index is 6.23. The van der Waals surface area contributed by atoms with Gasteiger partial charge in [-0.05, 0) is 37.1 Å². The van der Waals surface area contributed by atoms with E-state index in [1.807, 2.05) is 25.1 Å². The van der Waals surface area contributed by atoms with Gasteiger partial charge in [0.25, 0.3) is 0 Å². The number of nitrogen functional groups attached to an aromatic ring is 1. The van der Waals surface area contributed by atoms with Crippen molar-refractivity contribution in [1.82, 2.24) is 9.66 Å². The van der Waals surface area contributed by atoms with Crippen LogP contribution in [0.15, 0.2) is 29.5 Å². The Morgan fingerprint density at radius 3 is 2.86 bits per heavy atom. The first-order valence-corrected chi connectivity index (χ1v) is 7.76. The number of nitrogens with two attached hydrogens (primary N) is 1. The highest BCUT2D eigenvalue weighted by Gasteiger charge is 2.03. The number of hydrogen-bond donors (Lipinski definition) is 1. The van der Waals surface area contributed by atoms with Crippen molar-refractivity contribution in [1.29, 1.82) is 0 Å². The molecule has 0 radical (unpaired) electrons. The van der Waals surface area contributed by atoms with Crippen LogP contribution in [0.25, 0.3) is 0 Å². The average molecular weight is 321 g/mol. The summed E-state index contributed by atoms with van der Waals surface area (Å²) in [6, 6.07) is 5.59. The van der Waals surface area contributed by atoms with Gasteiger partial charge in [0.2, 0.25) is 5.95 Å². The number of halogens is 1. The Morgan fingerprint density at radius 1 is 1.41 bits per heavy atom. The topological polar surface area (TPSA) is 65.4 Å². The standard InChI is InChI=1S/C16H21ClN4O/c1-3-4-5-8-22-15-7-6-13(9-14(15)17)10-19-21-11-12(2)20-16(21)18/h6-7,9-11H,3-5,8H2,1-2H3,(H2,18,20). The van der Waals surface area contributed by atoms with Crippen molar-refractivity contribution in [2.75, 3.05) is 12.3 Å². The first-order valence-electron chi connectivity index (χ1n) is 7.38. The number of imidazole rings is 1. The molecule has 0 aliphatic heterocycles. The zero-order valence-corrected chi connectivity index (χ0v) is 13.7. The van der Waals surface area contributed by atoms with Crippen LogP contribution in [0.1, 0.15) is 37.4 Å². The van der Waals surface area contributed by atoms with Crippen molar-refractivity contribution in [2.45, 2.75) is 33.1 Å². The van der Waals surface area contributed by atoms with Crippen molar-refractivity contribution >= 4 is 23.8 Å². The minimum atomic E-state index is 0.357. The molecule has 2 aromatic rings. The van der Waals surface area contributed by atoms with Gasteiger partial charge in [-0.2, -0.15) is 5.10 Å². The molecular formula is C16H21ClN4O. The van der Waals surface area contributed by atoms with Gasteiger partial charge in [-0.15, -0.1) is 0 Å². The van der Waals surface area contributed by atoms with Crippen LogP contribution in [0.2, 0.25) is 5.02 Å². The molecule has 0 saturated carbocycles. The Bertz CT molecular complexity index is 652. The molecule has 1 aromatic heterocycles. The van der Waals surface area contributed by atoms with E-state index in [0.29, 0.717) is 23.3 Å². The lowest BCUT2D eigenvalue weighted by Crippen LogP contribution is -1.99. The van der Waals surface area contributed by atoms with Crippen LogP contribution in [0.3, 0.4) is 0 Å². The van der Waals surface area contributed by atoms with Gasteiger partial charge in [-0.3, -0.25) is 0 Å². The summed E-state index contributed by atoms with van der Waals surface area (Å²) in [6.07, 6.45) is 6.82. The predicted octanol–water partition coefficient (Wildman–Crippen LogP) is 3.88. The minimum absolute atomic E-state index is 0.357. The second-order valence-corrected chi connectivity index (χ2v) is 5.48. The molecular weight excluding hydrogens is 300 g/mol. The fraction of sp³-hybridized carbons (Fsp3) is 0.375. The third-order valence-electron chi connectivity index (χ3n) is 3.13. The Morgan fingerprint density at radius 2 is 2.23 bits per heavy atom. The van der Waals surface area contributed by atoms with Crippen LogP contribution in [-0.4, -0.2) is 22.5 Å². The molecule has 5 nitrogen and oxygen atoms in total. The van der Waals surface area contributed by atoms with Crippen LogP contribution in [0, 0.1) is 6.92 Å². The molecule has 1 aromatic carbocycles. The largest absolute Gasteiger partial charge is 0.492 e. The van der Waals surface area contributed by atoms with Gasteiger partial charge in [0.15, 0.2) is 0 Å². The van der Waals surface area contributed by atoms with E-state index >= 15 is 0 Å². The van der Waals surface area contributed by atoms with Crippen molar-refractivity contribution in [2.24, 2.45) is 5.10 Å². The zero-order valence-electron chi connectivity index (χ0n) is 12.9. The van der Waals surface area contributed by atoms with E-state index < -0.39 is 0 Å². The fourth-order valence-corrected chi connectivity index (χ4v) is 2.22. The van der Waals surface area contributed by atoms with E-state index in [4.69, 9.17) is 22.1 Å². The molecule has 0 unspecified atom stereocenters. The summed E-state index contributed by atoms with van der Waals surface area (Å²) >= 11 is 6.23. The van der Waals surface area contributed by atoms with Crippen LogP contribution < -0.4 is 10.5 Å². The summed E-state index contributed by atoms with van der Waals surface area (Å²) in [4.78, 5) is 4.08. The van der Waals surface area contributed by atoms with Crippen LogP contribution in [0.5, 0.6) is 5.75 Å². The summed E-state index contributed by atoms with van der Waals surface area (Å²) in [5.74, 6) is 1.06. The number of benzene rings is 1. The first kappa shape index (κ1) is 16.4. The quantitative estimate of drug-likeness (QED) is 0.622. The van der Waals surface area contributed by atoms with E-state index in [-0.39, 0.29) is 0 Å². The molecule has 0 aliphatic rings. The second kappa shape index (κ2) is 7.84. The Balaban J connectivity index is 2.01. The van der Waals surface area contributed by atoms with E-state index in [0.717, 1.165) is 24.1 Å². The second-order valence-electron chi connectivity index (χ2n) is 5.08. The first-order chi connectivity index (χ1) is 10.6. The van der Waals surface area contributed by atoms with Gasteiger partial charge < -0.3 is 10.5 Å². The molecule has 1 heterocycles. The Hall–Kier alpha value is -2.01. The van der Waals surface area contributed by atoms with Gasteiger partial charge in [0.1, 0.15) is 5.75 Å². The molecule has 0 atom stereocenters. The third kappa shape index (κ3) is 4.49. The molecule has 6 heteroatoms. The minimum Gasteiger partial charge on any atom is -0.492 e. The zero-order chi connectivity index (χ0) is 15.9. The normalized spacial score (nSPS) is 11.2. The number of hydrogen-bond acceptors (Lipinski definition) is 4. The predicted molar refractivity (Wildman–Crippen MR) is 90.8 cm³/mol. The fourth-order valence-electron chi connectivity index (χ4n) is 1.97. The summed E-state index contributed by atoms with van der Waals surface area (Å²) < 4.78 is 7.19. The maximum Gasteiger partial charge on any atom is 0.221 e. The van der Waals surface area contributed by atoms with Crippen molar-refractivity contribution in [3.63, 3.8) is 0 Å². The third-order valence-corrected chi connectivity index (χ3v) is 3.42. The van der Waals surface area contributed by atoms with Gasteiger partial charge in [0, 0.05) is 0 Å². The number of aryl methyl sites for hydroxylation is 1. The van der Waals surface area contributed by atoms with E-state index in [1.54, 1.807) is 12.4 Å². The highest BCUT2D eigenvalue weighted by Crippen LogP contribution is 2.25. The van der Waals surface area contributed by atoms with Crippen molar-refractivity contribution < 1.29 is 4.74 Å². The van der Waals surface area contributed by atoms with Crippen molar-refractivity contribution in [3.8, 4) is 5.75 Å². The lowest BCUT2D eigenvalue weighted by Gasteiger charge is -2.08. The number of unbranched alkanes of at least 4 members (excludes halogenated alkanes) is 2. The SMILES string of the molecule is CCCCCOc1ccc(C=Nn2cc(C)nc2N)cc1Cl. The van der Waals surface area contributed by atoms with E-state index in [9.17, 15) is 0 Å². The Labute approximate surface area is 135 Å². The van der Waals surface area contributed by atoms with Gasteiger partial charge >= 0.3 is 0 Å². The smallest absolute Gasteiger partial charge is 0.221 e. The highest BCUT2D eigenvalue weighted by molar-refractivity contribution is 6.32. The van der Waals surface area contributed by atoms with E-state index in [1.165, 1.54) is 11.1 Å². The molecule has 0 saturated heterocycles. The molecule has 22 heavy (non-hydrogen) atoms. The van der Waals surface area contributed by atoms with Crippen LogP contribution in [0.4, 0.5) is 5.95 Å². The van der Waals surface area contributed by atoms with Crippen LogP contribution in [-0.2, 0) is 0 Å². The molecule has 2 rings (SSSR count). The number of nitrogens with zero attached hydrogens (tertiary/aromatic N) is 3. The van der Waals surface area contributed by atoms with Gasteiger partial charge in [-0.25, -0.2) is 9.66 Å². The average Bonchev–Trinajstić information content (AvgIpc) is 2.81. The van der Waals surface area contributed by atoms with Gasteiger partial charge in [-0.1, -0.05) is 31.4 Å².